The number of nitrogens with zero attached hydrogens (tertiary/aromatic N) is 1. The van der Waals surface area contributed by atoms with Gasteiger partial charge in [-0.05, 0) is 28.1 Å². The van der Waals surface area contributed by atoms with Crippen LogP contribution in [0.15, 0.2) is 22.7 Å². The Morgan fingerprint density at radius 1 is 1.29 bits per heavy atom. The molecule has 92 valence electrons. The monoisotopic (exact) mass is 303 g/mol. The topological polar surface area (TPSA) is 20.3 Å². The molecule has 1 aromatic rings. The van der Waals surface area contributed by atoms with Gasteiger partial charge in [0.1, 0.15) is 0 Å². The predicted octanol–water partition coefficient (Wildman–Crippen LogP) is 3.50. The molecule has 1 aromatic carbocycles. The van der Waals surface area contributed by atoms with E-state index in [1.54, 1.807) is 18.2 Å². The molecule has 0 aromatic heterocycles. The van der Waals surface area contributed by atoms with Gasteiger partial charge in [-0.1, -0.05) is 6.07 Å². The normalized spacial score (nSPS) is 19.1. The first-order valence-corrected chi connectivity index (χ1v) is 6.19. The predicted molar refractivity (Wildman–Crippen MR) is 65.9 cm³/mol. The van der Waals surface area contributed by atoms with Crippen molar-refractivity contribution in [2.75, 3.05) is 18.0 Å². The van der Waals surface area contributed by atoms with Crippen LogP contribution in [0, 0.1) is 0 Å². The highest BCUT2D eigenvalue weighted by molar-refractivity contribution is 9.10. The van der Waals surface area contributed by atoms with Crippen molar-refractivity contribution in [3.63, 3.8) is 0 Å². The molecule has 0 aliphatic carbocycles. The van der Waals surface area contributed by atoms with Crippen molar-refractivity contribution in [1.29, 1.82) is 0 Å². The van der Waals surface area contributed by atoms with E-state index in [9.17, 15) is 13.6 Å². The molecule has 0 atom stereocenters. The molecule has 5 heteroatoms. The molecule has 0 N–H and O–H groups in total. The summed E-state index contributed by atoms with van der Waals surface area (Å²) >= 11 is 3.29. The summed E-state index contributed by atoms with van der Waals surface area (Å²) in [5.74, 6) is -2.57. The molecule has 0 amide bonds. The smallest absolute Gasteiger partial charge is 0.251 e. The summed E-state index contributed by atoms with van der Waals surface area (Å²) in [5, 5.41) is 0. The number of halogens is 3. The second-order valence-electron chi connectivity index (χ2n) is 4.13. The Bertz CT molecular complexity index is 427. The molecule has 1 saturated heterocycles. The molecule has 1 heterocycles. The Balaban J connectivity index is 2.24. The minimum atomic E-state index is -2.57. The highest BCUT2D eigenvalue weighted by Gasteiger charge is 2.34. The number of rotatable bonds is 2. The Morgan fingerprint density at radius 3 is 2.53 bits per heavy atom. The summed E-state index contributed by atoms with van der Waals surface area (Å²) in [5.41, 5.74) is 1.25. The lowest BCUT2D eigenvalue weighted by molar-refractivity contribution is -0.0220. The van der Waals surface area contributed by atoms with E-state index in [-0.39, 0.29) is 25.9 Å². The number of hydrogen-bond acceptors (Lipinski definition) is 2. The van der Waals surface area contributed by atoms with Gasteiger partial charge in [-0.3, -0.25) is 4.79 Å². The van der Waals surface area contributed by atoms with Gasteiger partial charge in [-0.25, -0.2) is 8.78 Å². The van der Waals surface area contributed by atoms with E-state index in [2.05, 4.69) is 15.9 Å². The van der Waals surface area contributed by atoms with Crippen molar-refractivity contribution in [1.82, 2.24) is 0 Å². The lowest BCUT2D eigenvalue weighted by atomic mass is 10.0. The van der Waals surface area contributed by atoms with Crippen LogP contribution in [0.3, 0.4) is 0 Å². The molecule has 1 aliphatic rings. The van der Waals surface area contributed by atoms with E-state index >= 15 is 0 Å². The number of alkyl halides is 2. The van der Waals surface area contributed by atoms with Gasteiger partial charge in [0.2, 0.25) is 0 Å². The molecule has 2 nitrogen and oxygen atoms in total. The van der Waals surface area contributed by atoms with Crippen LogP contribution in [0.25, 0.3) is 0 Å². The highest BCUT2D eigenvalue weighted by atomic mass is 79.9. The third kappa shape index (κ3) is 2.65. The van der Waals surface area contributed by atoms with Crippen molar-refractivity contribution >= 4 is 27.9 Å². The Morgan fingerprint density at radius 2 is 1.94 bits per heavy atom. The van der Waals surface area contributed by atoms with Crippen molar-refractivity contribution < 1.29 is 13.6 Å². The molecule has 0 spiro atoms. The molecule has 0 unspecified atom stereocenters. The fourth-order valence-corrected chi connectivity index (χ4v) is 2.44. The zero-order valence-corrected chi connectivity index (χ0v) is 10.7. The van der Waals surface area contributed by atoms with Gasteiger partial charge in [0, 0.05) is 36.1 Å². The summed E-state index contributed by atoms with van der Waals surface area (Å²) in [4.78, 5) is 12.9. The van der Waals surface area contributed by atoms with Gasteiger partial charge in [0.25, 0.3) is 5.92 Å². The van der Waals surface area contributed by atoms with Crippen molar-refractivity contribution in [3.8, 4) is 0 Å². The maximum atomic E-state index is 13.0. The molecule has 17 heavy (non-hydrogen) atoms. The van der Waals surface area contributed by atoms with E-state index in [1.165, 1.54) is 0 Å². The summed E-state index contributed by atoms with van der Waals surface area (Å²) in [6.07, 6.45) is 0.446. The average Bonchev–Trinajstić information content (AvgIpc) is 2.29. The van der Waals surface area contributed by atoms with E-state index < -0.39 is 5.92 Å². The number of hydrogen-bond donors (Lipinski definition) is 0. The second-order valence-corrected chi connectivity index (χ2v) is 4.99. The molecule has 1 fully saturated rings. The van der Waals surface area contributed by atoms with Gasteiger partial charge < -0.3 is 4.90 Å². The molecule has 0 saturated carbocycles. The van der Waals surface area contributed by atoms with Gasteiger partial charge in [0.15, 0.2) is 6.29 Å². The molecule has 0 bridgehead atoms. The average molecular weight is 304 g/mol. The van der Waals surface area contributed by atoms with E-state index in [1.807, 2.05) is 4.90 Å². The van der Waals surface area contributed by atoms with Crippen LogP contribution >= 0.6 is 15.9 Å². The third-order valence-electron chi connectivity index (χ3n) is 2.98. The van der Waals surface area contributed by atoms with Crippen LogP contribution < -0.4 is 4.90 Å². The van der Waals surface area contributed by atoms with Gasteiger partial charge in [-0.2, -0.15) is 0 Å². The fraction of sp³-hybridized carbons (Fsp3) is 0.417. The SMILES string of the molecule is O=Cc1c(Br)cccc1N1CCC(F)(F)CC1. The quantitative estimate of drug-likeness (QED) is 0.780. The van der Waals surface area contributed by atoms with E-state index in [0.29, 0.717) is 10.0 Å². The number of carbonyl (C=O) groups is 1. The first-order valence-electron chi connectivity index (χ1n) is 5.40. The highest BCUT2D eigenvalue weighted by Crippen LogP contribution is 2.33. The standard InChI is InChI=1S/C12H12BrF2NO/c13-10-2-1-3-11(9(10)8-17)16-6-4-12(14,15)5-7-16/h1-3,8H,4-7H2. The van der Waals surface area contributed by atoms with Crippen molar-refractivity contribution in [3.05, 3.63) is 28.2 Å². The van der Waals surface area contributed by atoms with E-state index in [0.717, 1.165) is 12.0 Å². The Hall–Kier alpha value is -0.970. The lowest BCUT2D eigenvalue weighted by Crippen LogP contribution is -2.39. The third-order valence-corrected chi connectivity index (χ3v) is 3.67. The fourth-order valence-electron chi connectivity index (χ4n) is 1.99. The van der Waals surface area contributed by atoms with Crippen LogP contribution in [0.2, 0.25) is 0 Å². The Kier molecular flexibility index (Phi) is 3.47. The first-order chi connectivity index (χ1) is 8.03. The minimum Gasteiger partial charge on any atom is -0.370 e. The molecular weight excluding hydrogens is 292 g/mol. The number of carbonyl (C=O) groups excluding carboxylic acids is 1. The van der Waals surface area contributed by atoms with Crippen LogP contribution in [-0.4, -0.2) is 25.3 Å². The summed E-state index contributed by atoms with van der Waals surface area (Å²) in [6, 6.07) is 5.36. The second kappa shape index (κ2) is 4.72. The van der Waals surface area contributed by atoms with Crippen molar-refractivity contribution in [2.45, 2.75) is 18.8 Å². The van der Waals surface area contributed by atoms with Gasteiger partial charge in [-0.15, -0.1) is 0 Å². The van der Waals surface area contributed by atoms with Crippen LogP contribution in [0.4, 0.5) is 14.5 Å². The maximum Gasteiger partial charge on any atom is 0.251 e. The summed E-state index contributed by atoms with van der Waals surface area (Å²) in [7, 11) is 0. The number of piperidine rings is 1. The zero-order valence-electron chi connectivity index (χ0n) is 9.13. The van der Waals surface area contributed by atoms with Gasteiger partial charge >= 0.3 is 0 Å². The maximum absolute atomic E-state index is 13.0. The van der Waals surface area contributed by atoms with Crippen LogP contribution in [-0.2, 0) is 0 Å². The van der Waals surface area contributed by atoms with Crippen molar-refractivity contribution in [2.24, 2.45) is 0 Å². The zero-order chi connectivity index (χ0) is 12.5. The van der Waals surface area contributed by atoms with Gasteiger partial charge in [0.05, 0.1) is 5.56 Å². The van der Waals surface area contributed by atoms with E-state index in [4.69, 9.17) is 0 Å². The first kappa shape index (κ1) is 12.5. The molecule has 0 radical (unpaired) electrons. The number of anilines is 1. The molecular formula is C12H12BrF2NO. The summed E-state index contributed by atoms with van der Waals surface area (Å²) < 4.78 is 26.8. The number of benzene rings is 1. The molecule has 1 aliphatic heterocycles. The molecule has 2 rings (SSSR count). The Labute approximate surface area is 107 Å². The lowest BCUT2D eigenvalue weighted by Gasteiger charge is -2.34. The van der Waals surface area contributed by atoms with Crippen LogP contribution in [0.1, 0.15) is 23.2 Å². The number of aldehydes is 1. The largest absolute Gasteiger partial charge is 0.370 e. The minimum absolute atomic E-state index is 0.155. The van der Waals surface area contributed by atoms with Crippen LogP contribution in [0.5, 0.6) is 0 Å². The summed E-state index contributed by atoms with van der Waals surface area (Å²) in [6.45, 7) is 0.564.